The van der Waals surface area contributed by atoms with Gasteiger partial charge in [-0.15, -0.1) is 0 Å². The molecule has 3 rings (SSSR count). The molecule has 1 amide bonds. The summed E-state index contributed by atoms with van der Waals surface area (Å²) in [6, 6.07) is 7.40. The normalized spacial score (nSPS) is 15.4. The lowest BCUT2D eigenvalue weighted by atomic mass is 10.1. The molecule has 2 heterocycles. The third-order valence-electron chi connectivity index (χ3n) is 4.88. The molecule has 0 aliphatic carbocycles. The van der Waals surface area contributed by atoms with Gasteiger partial charge in [-0.05, 0) is 42.7 Å². The van der Waals surface area contributed by atoms with Crippen LogP contribution in [0.3, 0.4) is 0 Å². The third-order valence-corrected chi connectivity index (χ3v) is 4.88. The van der Waals surface area contributed by atoms with Gasteiger partial charge in [-0.3, -0.25) is 4.79 Å². The van der Waals surface area contributed by atoms with Crippen LogP contribution in [0.25, 0.3) is 0 Å². The largest absolute Gasteiger partial charge is 0.507 e. The van der Waals surface area contributed by atoms with Crippen molar-refractivity contribution in [3.8, 4) is 5.75 Å². The molecule has 1 saturated heterocycles. The van der Waals surface area contributed by atoms with Gasteiger partial charge in [-0.2, -0.15) is 13.2 Å². The Morgan fingerprint density at radius 1 is 1.14 bits per heavy atom. The molecule has 0 radical (unpaired) electrons. The smallest absolute Gasteiger partial charge is 0.417 e. The Labute approximate surface area is 161 Å². The summed E-state index contributed by atoms with van der Waals surface area (Å²) in [5.74, 6) is 0.167. The minimum atomic E-state index is -4.41. The SMILES string of the molecule is CCc1ccc(O)c(C(=O)N2CCCN(c3ccc(C(F)(F)F)cn3)CC2)c1. The van der Waals surface area contributed by atoms with Crippen molar-refractivity contribution < 1.29 is 23.1 Å². The topological polar surface area (TPSA) is 56.7 Å². The number of hydrogen-bond donors (Lipinski definition) is 1. The first-order valence-corrected chi connectivity index (χ1v) is 9.19. The second kappa shape index (κ2) is 8.08. The number of aromatic hydroxyl groups is 1. The van der Waals surface area contributed by atoms with Gasteiger partial charge in [-0.25, -0.2) is 4.98 Å². The van der Waals surface area contributed by atoms with E-state index < -0.39 is 11.7 Å². The number of carbonyl (C=O) groups excluding carboxylic acids is 1. The fraction of sp³-hybridized carbons (Fsp3) is 0.400. The molecule has 1 aliphatic rings. The Bertz CT molecular complexity index is 838. The fourth-order valence-electron chi connectivity index (χ4n) is 3.24. The molecule has 0 bridgehead atoms. The standard InChI is InChI=1S/C20H22F3N3O2/c1-2-14-4-6-17(27)16(12-14)19(28)26-9-3-8-25(10-11-26)18-7-5-15(13-24-18)20(21,22)23/h4-7,12-13,27H,2-3,8-11H2,1H3. The molecule has 150 valence electrons. The highest BCUT2D eigenvalue weighted by Gasteiger charge is 2.31. The predicted octanol–water partition coefficient (Wildman–Crippen LogP) is 3.72. The number of nitrogens with zero attached hydrogens (tertiary/aromatic N) is 3. The van der Waals surface area contributed by atoms with Crippen molar-refractivity contribution in [2.75, 3.05) is 31.1 Å². The molecule has 2 aromatic rings. The van der Waals surface area contributed by atoms with Crippen molar-refractivity contribution in [3.63, 3.8) is 0 Å². The Hall–Kier alpha value is -2.77. The van der Waals surface area contributed by atoms with Gasteiger partial charge < -0.3 is 14.9 Å². The molecular formula is C20H22F3N3O2. The Morgan fingerprint density at radius 3 is 2.57 bits per heavy atom. The molecule has 0 unspecified atom stereocenters. The lowest BCUT2D eigenvalue weighted by Crippen LogP contribution is -2.35. The highest BCUT2D eigenvalue weighted by Crippen LogP contribution is 2.29. The quantitative estimate of drug-likeness (QED) is 0.864. The van der Waals surface area contributed by atoms with E-state index in [2.05, 4.69) is 4.98 Å². The van der Waals surface area contributed by atoms with Gasteiger partial charge in [0.15, 0.2) is 0 Å². The summed E-state index contributed by atoms with van der Waals surface area (Å²) in [5, 5.41) is 10.1. The number of aromatic nitrogens is 1. The summed E-state index contributed by atoms with van der Waals surface area (Å²) in [7, 11) is 0. The Morgan fingerprint density at radius 2 is 1.93 bits per heavy atom. The van der Waals surface area contributed by atoms with Crippen LogP contribution in [0.15, 0.2) is 36.5 Å². The van der Waals surface area contributed by atoms with Crippen LogP contribution in [-0.4, -0.2) is 47.1 Å². The number of alkyl halides is 3. The van der Waals surface area contributed by atoms with Gasteiger partial charge in [0.2, 0.25) is 0 Å². The Kier molecular flexibility index (Phi) is 5.76. The zero-order valence-corrected chi connectivity index (χ0v) is 15.5. The average molecular weight is 393 g/mol. The van der Waals surface area contributed by atoms with Gasteiger partial charge in [0, 0.05) is 32.4 Å². The van der Waals surface area contributed by atoms with Crippen LogP contribution in [0.5, 0.6) is 5.75 Å². The third kappa shape index (κ3) is 4.37. The van der Waals surface area contributed by atoms with Crippen molar-refractivity contribution in [2.45, 2.75) is 25.9 Å². The number of anilines is 1. The maximum absolute atomic E-state index is 12.8. The second-order valence-electron chi connectivity index (χ2n) is 6.74. The lowest BCUT2D eigenvalue weighted by molar-refractivity contribution is -0.137. The predicted molar refractivity (Wildman–Crippen MR) is 99.5 cm³/mol. The van der Waals surface area contributed by atoms with Gasteiger partial charge >= 0.3 is 6.18 Å². The first-order chi connectivity index (χ1) is 13.3. The maximum atomic E-state index is 12.8. The summed E-state index contributed by atoms with van der Waals surface area (Å²) in [6.07, 6.45) is -2.17. The van der Waals surface area contributed by atoms with Crippen LogP contribution < -0.4 is 4.90 Å². The molecule has 1 aliphatic heterocycles. The number of rotatable bonds is 3. The molecule has 1 aromatic carbocycles. The Balaban J connectivity index is 1.70. The van der Waals surface area contributed by atoms with Gasteiger partial charge in [0.1, 0.15) is 11.6 Å². The van der Waals surface area contributed by atoms with Gasteiger partial charge in [-0.1, -0.05) is 13.0 Å². The number of aryl methyl sites for hydroxylation is 1. The fourth-order valence-corrected chi connectivity index (χ4v) is 3.24. The highest BCUT2D eigenvalue weighted by atomic mass is 19.4. The van der Waals surface area contributed by atoms with Crippen LogP contribution in [0.2, 0.25) is 0 Å². The van der Waals surface area contributed by atoms with E-state index in [0.717, 1.165) is 24.2 Å². The number of pyridine rings is 1. The molecule has 8 heteroatoms. The van der Waals surface area contributed by atoms with Crippen molar-refractivity contribution in [1.82, 2.24) is 9.88 Å². The lowest BCUT2D eigenvalue weighted by Gasteiger charge is -2.23. The second-order valence-corrected chi connectivity index (χ2v) is 6.74. The molecule has 0 spiro atoms. The summed E-state index contributed by atoms with van der Waals surface area (Å²) < 4.78 is 38.1. The van der Waals surface area contributed by atoms with Crippen LogP contribution >= 0.6 is 0 Å². The van der Waals surface area contributed by atoms with E-state index in [1.54, 1.807) is 17.0 Å². The van der Waals surface area contributed by atoms with Crippen molar-refractivity contribution in [2.24, 2.45) is 0 Å². The summed E-state index contributed by atoms with van der Waals surface area (Å²) in [6.45, 7) is 3.92. The minimum Gasteiger partial charge on any atom is -0.507 e. The van der Waals surface area contributed by atoms with Crippen LogP contribution in [0, 0.1) is 0 Å². The van der Waals surface area contributed by atoms with E-state index >= 15 is 0 Å². The van der Waals surface area contributed by atoms with Crippen LogP contribution in [-0.2, 0) is 12.6 Å². The summed E-state index contributed by atoms with van der Waals surface area (Å²) >= 11 is 0. The van der Waals surface area contributed by atoms with Gasteiger partial charge in [0.05, 0.1) is 11.1 Å². The zero-order chi connectivity index (χ0) is 20.3. The number of benzene rings is 1. The van der Waals surface area contributed by atoms with E-state index in [9.17, 15) is 23.1 Å². The van der Waals surface area contributed by atoms with Crippen molar-refractivity contribution in [3.05, 3.63) is 53.2 Å². The van der Waals surface area contributed by atoms with E-state index in [0.29, 0.717) is 38.4 Å². The molecular weight excluding hydrogens is 371 g/mol. The van der Waals surface area contributed by atoms with E-state index in [1.807, 2.05) is 11.8 Å². The number of hydrogen-bond acceptors (Lipinski definition) is 4. The zero-order valence-electron chi connectivity index (χ0n) is 15.5. The first-order valence-electron chi connectivity index (χ1n) is 9.19. The molecule has 1 aromatic heterocycles. The molecule has 0 atom stereocenters. The van der Waals surface area contributed by atoms with Crippen molar-refractivity contribution >= 4 is 11.7 Å². The van der Waals surface area contributed by atoms with E-state index in [-0.39, 0.29) is 17.2 Å². The number of carbonyl (C=O) groups is 1. The molecule has 28 heavy (non-hydrogen) atoms. The van der Waals surface area contributed by atoms with Crippen molar-refractivity contribution in [1.29, 1.82) is 0 Å². The summed E-state index contributed by atoms with van der Waals surface area (Å²) in [4.78, 5) is 20.3. The van der Waals surface area contributed by atoms with E-state index in [4.69, 9.17) is 0 Å². The molecule has 5 nitrogen and oxygen atoms in total. The number of phenols is 1. The van der Waals surface area contributed by atoms with Gasteiger partial charge in [0.25, 0.3) is 5.91 Å². The number of halogens is 3. The monoisotopic (exact) mass is 393 g/mol. The average Bonchev–Trinajstić information content (AvgIpc) is 2.93. The molecule has 0 saturated carbocycles. The highest BCUT2D eigenvalue weighted by molar-refractivity contribution is 5.97. The molecule has 1 N–H and O–H groups in total. The maximum Gasteiger partial charge on any atom is 0.417 e. The van der Waals surface area contributed by atoms with E-state index in [1.165, 1.54) is 12.1 Å². The first kappa shape index (κ1) is 20.0. The number of amides is 1. The summed E-state index contributed by atoms with van der Waals surface area (Å²) in [5.41, 5.74) is 0.459. The van der Waals surface area contributed by atoms with Crippen LogP contribution in [0.1, 0.15) is 34.8 Å². The van der Waals surface area contributed by atoms with Crippen LogP contribution in [0.4, 0.5) is 19.0 Å². The number of phenolic OH excluding ortho intramolecular Hbond substituents is 1. The molecule has 1 fully saturated rings. The minimum absolute atomic E-state index is 0.0484.